The number of allylic oxidation sites excluding steroid dienone is 2. The van der Waals surface area contributed by atoms with Crippen LogP contribution in [0.4, 0.5) is 5.69 Å². The lowest BCUT2D eigenvalue weighted by Gasteiger charge is -2.37. The summed E-state index contributed by atoms with van der Waals surface area (Å²) in [4.78, 5) is 1.84. The van der Waals surface area contributed by atoms with E-state index in [1.165, 1.54) is 10.4 Å². The summed E-state index contributed by atoms with van der Waals surface area (Å²) < 4.78 is 27.6. The van der Waals surface area contributed by atoms with Gasteiger partial charge in [-0.1, -0.05) is 12.2 Å². The maximum Gasteiger partial charge on any atom is 0.243 e. The number of benzene rings is 1. The fraction of sp³-hybridized carbons (Fsp3) is 0.429. The number of aryl methyl sites for hydroxylation is 1. The number of nitrogens with one attached hydrogen (secondary N) is 1. The third-order valence-corrected chi connectivity index (χ3v) is 9.22. The summed E-state index contributed by atoms with van der Waals surface area (Å²) in [5, 5.41) is 5.88. The van der Waals surface area contributed by atoms with Gasteiger partial charge in [-0.3, -0.25) is 0 Å². The molecule has 1 N–H and O–H groups in total. The number of hydrogen-bond acceptors (Lipinski definition) is 4. The average molecular weight is 401 g/mol. The molecule has 6 heteroatoms. The molecule has 0 spiro atoms. The first-order valence-corrected chi connectivity index (χ1v) is 12.0. The molecule has 1 fully saturated rings. The van der Waals surface area contributed by atoms with Gasteiger partial charge in [0.15, 0.2) is 0 Å². The largest absolute Gasteiger partial charge is 0.377 e. The number of sulfonamides is 1. The van der Waals surface area contributed by atoms with E-state index < -0.39 is 10.0 Å². The second kappa shape index (κ2) is 6.47. The van der Waals surface area contributed by atoms with Crippen LogP contribution < -0.4 is 5.32 Å². The Kier molecular flexibility index (Phi) is 4.18. The smallest absolute Gasteiger partial charge is 0.243 e. The molecule has 1 aromatic heterocycles. The van der Waals surface area contributed by atoms with Gasteiger partial charge in [0.05, 0.1) is 10.9 Å². The molecular formula is C21H24N2O2S2. The summed E-state index contributed by atoms with van der Waals surface area (Å²) in [5.74, 6) is 0.723. The second-order valence-electron chi connectivity index (χ2n) is 7.80. The van der Waals surface area contributed by atoms with Crippen LogP contribution in [0.25, 0.3) is 0 Å². The van der Waals surface area contributed by atoms with Crippen molar-refractivity contribution in [2.24, 2.45) is 5.92 Å². The first-order chi connectivity index (χ1) is 13.1. The molecule has 1 saturated heterocycles. The zero-order valence-electron chi connectivity index (χ0n) is 15.4. The molecule has 2 aliphatic heterocycles. The van der Waals surface area contributed by atoms with Gasteiger partial charge < -0.3 is 5.32 Å². The predicted octanol–water partition coefficient (Wildman–Crippen LogP) is 4.67. The van der Waals surface area contributed by atoms with Crippen molar-refractivity contribution in [2.45, 2.75) is 43.0 Å². The maximum absolute atomic E-state index is 13.0. The summed E-state index contributed by atoms with van der Waals surface area (Å²) in [6.45, 7) is 3.46. The third-order valence-electron chi connectivity index (χ3n) is 6.22. The number of nitrogens with zero attached hydrogens (tertiary/aromatic N) is 1. The lowest BCUT2D eigenvalue weighted by molar-refractivity contribution is 0.428. The van der Waals surface area contributed by atoms with E-state index in [-0.39, 0.29) is 5.92 Å². The molecular weight excluding hydrogens is 376 g/mol. The molecule has 3 heterocycles. The Bertz CT molecular complexity index is 1000. The summed E-state index contributed by atoms with van der Waals surface area (Å²) in [7, 11) is -3.38. The second-order valence-corrected chi connectivity index (χ2v) is 10.7. The molecule has 3 atom stereocenters. The normalized spacial score (nSPS) is 27.4. The highest BCUT2D eigenvalue weighted by molar-refractivity contribution is 7.89. The van der Waals surface area contributed by atoms with Crippen molar-refractivity contribution in [2.75, 3.05) is 18.4 Å². The van der Waals surface area contributed by atoms with Gasteiger partial charge in [0, 0.05) is 29.6 Å². The van der Waals surface area contributed by atoms with Gasteiger partial charge >= 0.3 is 0 Å². The summed E-state index contributed by atoms with van der Waals surface area (Å²) in [5.41, 5.74) is 3.53. The van der Waals surface area contributed by atoms with Gasteiger partial charge in [0.25, 0.3) is 0 Å². The van der Waals surface area contributed by atoms with E-state index in [4.69, 9.17) is 0 Å². The molecule has 0 radical (unpaired) electrons. The Balaban J connectivity index is 1.55. The number of rotatable bonds is 3. The summed E-state index contributed by atoms with van der Waals surface area (Å²) in [6.07, 6.45) is 7.47. The predicted molar refractivity (Wildman–Crippen MR) is 110 cm³/mol. The van der Waals surface area contributed by atoms with Gasteiger partial charge in [-0.25, -0.2) is 8.42 Å². The molecule has 4 nitrogen and oxygen atoms in total. The van der Waals surface area contributed by atoms with Crippen molar-refractivity contribution < 1.29 is 8.42 Å². The van der Waals surface area contributed by atoms with Gasteiger partial charge in [0.2, 0.25) is 10.0 Å². The summed E-state index contributed by atoms with van der Waals surface area (Å²) >= 11 is 1.81. The summed E-state index contributed by atoms with van der Waals surface area (Å²) in [6, 6.07) is 8.13. The molecule has 3 unspecified atom stereocenters. The number of anilines is 1. The Morgan fingerprint density at radius 1 is 1.19 bits per heavy atom. The van der Waals surface area contributed by atoms with Crippen molar-refractivity contribution in [1.82, 2.24) is 4.31 Å². The van der Waals surface area contributed by atoms with Crippen molar-refractivity contribution in [3.05, 3.63) is 57.8 Å². The van der Waals surface area contributed by atoms with E-state index in [1.54, 1.807) is 10.4 Å². The first kappa shape index (κ1) is 17.5. The molecule has 27 heavy (non-hydrogen) atoms. The molecule has 2 aromatic rings. The minimum Gasteiger partial charge on any atom is -0.377 e. The average Bonchev–Trinajstić information content (AvgIpc) is 3.42. The van der Waals surface area contributed by atoms with E-state index in [9.17, 15) is 8.42 Å². The molecule has 1 aromatic carbocycles. The Hall–Kier alpha value is -1.63. The van der Waals surface area contributed by atoms with Crippen LogP contribution in [-0.4, -0.2) is 25.8 Å². The Morgan fingerprint density at radius 2 is 2.00 bits per heavy atom. The van der Waals surface area contributed by atoms with Gasteiger partial charge in [0.1, 0.15) is 0 Å². The minimum absolute atomic E-state index is 0.279. The highest BCUT2D eigenvalue weighted by Gasteiger charge is 2.39. The van der Waals surface area contributed by atoms with Gasteiger partial charge in [-0.05, 0) is 72.9 Å². The highest BCUT2D eigenvalue weighted by Crippen LogP contribution is 2.51. The first-order valence-electron chi connectivity index (χ1n) is 9.67. The number of thiophene rings is 1. The van der Waals surface area contributed by atoms with Crippen LogP contribution >= 0.6 is 11.3 Å². The van der Waals surface area contributed by atoms with Crippen LogP contribution in [-0.2, 0) is 10.0 Å². The molecule has 0 saturated carbocycles. The standard InChI is InChI=1S/C21H24N2O2S2/c1-14-9-12-26-21(14)20-17-6-4-5-16(17)18-13-15(7-8-19(18)22-20)27(24,25)23-10-2-3-11-23/h4-5,7-9,12-13,16-17,20,22H,2-3,6,10-11H2,1H3. The van der Waals surface area contributed by atoms with Crippen molar-refractivity contribution in [3.8, 4) is 0 Å². The van der Waals surface area contributed by atoms with E-state index in [0.29, 0.717) is 29.9 Å². The van der Waals surface area contributed by atoms with Gasteiger partial charge in [-0.15, -0.1) is 11.3 Å². The van der Waals surface area contributed by atoms with E-state index in [1.807, 2.05) is 23.5 Å². The van der Waals surface area contributed by atoms with E-state index in [2.05, 4.69) is 35.8 Å². The van der Waals surface area contributed by atoms with E-state index >= 15 is 0 Å². The van der Waals surface area contributed by atoms with Crippen LogP contribution in [0.15, 0.2) is 46.7 Å². The van der Waals surface area contributed by atoms with Crippen molar-refractivity contribution >= 4 is 27.0 Å². The molecule has 1 aliphatic carbocycles. The van der Waals surface area contributed by atoms with Gasteiger partial charge in [-0.2, -0.15) is 4.31 Å². The van der Waals surface area contributed by atoms with Crippen LogP contribution in [0.1, 0.15) is 47.2 Å². The van der Waals surface area contributed by atoms with Crippen molar-refractivity contribution in [1.29, 1.82) is 0 Å². The van der Waals surface area contributed by atoms with Crippen LogP contribution in [0.5, 0.6) is 0 Å². The molecule has 0 bridgehead atoms. The minimum atomic E-state index is -3.38. The lowest BCUT2D eigenvalue weighted by atomic mass is 9.78. The number of hydrogen-bond donors (Lipinski definition) is 1. The zero-order valence-corrected chi connectivity index (χ0v) is 17.0. The highest BCUT2D eigenvalue weighted by atomic mass is 32.2. The van der Waals surface area contributed by atoms with Crippen LogP contribution in [0.3, 0.4) is 0 Å². The quantitative estimate of drug-likeness (QED) is 0.762. The fourth-order valence-corrected chi connectivity index (χ4v) is 7.38. The molecule has 0 amide bonds. The molecule has 142 valence electrons. The third kappa shape index (κ3) is 2.77. The maximum atomic E-state index is 13.0. The SMILES string of the molecule is Cc1ccsc1C1Nc2ccc(S(=O)(=O)N3CCCC3)cc2C2C=CCC21. The molecule has 3 aliphatic rings. The van der Waals surface area contributed by atoms with E-state index in [0.717, 1.165) is 30.5 Å². The zero-order chi connectivity index (χ0) is 18.6. The van der Waals surface area contributed by atoms with Crippen LogP contribution in [0, 0.1) is 12.8 Å². The Labute approximate surface area is 165 Å². The Morgan fingerprint density at radius 3 is 2.74 bits per heavy atom. The topological polar surface area (TPSA) is 49.4 Å². The lowest BCUT2D eigenvalue weighted by Crippen LogP contribution is -2.30. The van der Waals surface area contributed by atoms with Crippen molar-refractivity contribution in [3.63, 3.8) is 0 Å². The molecule has 5 rings (SSSR count). The fourth-order valence-electron chi connectivity index (χ4n) is 4.77. The van der Waals surface area contributed by atoms with Crippen LogP contribution in [0.2, 0.25) is 0 Å². The number of fused-ring (bicyclic) bond motifs is 3. The monoisotopic (exact) mass is 400 g/mol.